The standard InChI is InChI=1S/C22H19F3N2O4/c1-3-29-18-10-5-4-7-15(18)11-12-19(28)30-14(2)21-26-20(27-31-21)16-8-6-9-17(13-16)22(23,24)25/h4-14H,3H2,1-2H3/b12-11+. The lowest BCUT2D eigenvalue weighted by Gasteiger charge is -2.08. The van der Waals surface area contributed by atoms with Gasteiger partial charge in [0, 0.05) is 17.2 Å². The molecule has 3 rings (SSSR count). The fraction of sp³-hybridized carbons (Fsp3) is 0.227. The number of benzene rings is 2. The molecule has 0 aliphatic carbocycles. The molecule has 0 aliphatic rings. The van der Waals surface area contributed by atoms with Gasteiger partial charge < -0.3 is 14.0 Å². The molecule has 1 atom stereocenters. The zero-order valence-corrected chi connectivity index (χ0v) is 16.7. The van der Waals surface area contributed by atoms with E-state index in [0.717, 1.165) is 12.1 Å². The number of aromatic nitrogens is 2. The van der Waals surface area contributed by atoms with E-state index in [-0.39, 0.29) is 17.3 Å². The van der Waals surface area contributed by atoms with Crippen molar-refractivity contribution in [2.45, 2.75) is 26.1 Å². The molecule has 6 nitrogen and oxygen atoms in total. The predicted molar refractivity (Wildman–Crippen MR) is 106 cm³/mol. The number of carbonyl (C=O) groups excluding carboxylic acids is 1. The molecule has 3 aromatic rings. The fourth-order valence-corrected chi connectivity index (χ4v) is 2.68. The molecule has 9 heteroatoms. The van der Waals surface area contributed by atoms with E-state index in [4.69, 9.17) is 14.0 Å². The van der Waals surface area contributed by atoms with E-state index in [2.05, 4.69) is 10.1 Å². The van der Waals surface area contributed by atoms with Crippen LogP contribution < -0.4 is 4.74 Å². The minimum atomic E-state index is -4.49. The van der Waals surface area contributed by atoms with Gasteiger partial charge in [0.25, 0.3) is 5.89 Å². The molecule has 31 heavy (non-hydrogen) atoms. The van der Waals surface area contributed by atoms with E-state index in [9.17, 15) is 18.0 Å². The van der Waals surface area contributed by atoms with Gasteiger partial charge in [0.15, 0.2) is 6.10 Å². The number of rotatable bonds is 7. The number of halogens is 3. The van der Waals surface area contributed by atoms with Crippen LogP contribution in [-0.2, 0) is 15.7 Å². The highest BCUT2D eigenvalue weighted by atomic mass is 19.4. The van der Waals surface area contributed by atoms with Crippen LogP contribution in [0.1, 0.15) is 37.0 Å². The molecule has 1 heterocycles. The second-order valence-corrected chi connectivity index (χ2v) is 6.42. The van der Waals surface area contributed by atoms with Gasteiger partial charge in [0.2, 0.25) is 5.82 Å². The molecule has 0 spiro atoms. The smallest absolute Gasteiger partial charge is 0.416 e. The summed E-state index contributed by atoms with van der Waals surface area (Å²) in [5, 5.41) is 3.68. The Morgan fingerprint density at radius 2 is 1.97 bits per heavy atom. The Hall–Kier alpha value is -3.62. The van der Waals surface area contributed by atoms with E-state index in [1.165, 1.54) is 25.1 Å². The van der Waals surface area contributed by atoms with Gasteiger partial charge in [-0.3, -0.25) is 0 Å². The summed E-state index contributed by atoms with van der Waals surface area (Å²) in [5.41, 5.74) is 0.0163. The van der Waals surface area contributed by atoms with Crippen LogP contribution in [0, 0.1) is 0 Å². The number of hydrogen-bond acceptors (Lipinski definition) is 6. The van der Waals surface area contributed by atoms with Crippen molar-refractivity contribution in [1.82, 2.24) is 10.1 Å². The maximum absolute atomic E-state index is 12.9. The number of nitrogens with zero attached hydrogens (tertiary/aromatic N) is 2. The third kappa shape index (κ3) is 5.71. The minimum Gasteiger partial charge on any atom is -0.493 e. The van der Waals surface area contributed by atoms with Gasteiger partial charge in [0.05, 0.1) is 12.2 Å². The molecule has 2 aromatic carbocycles. The van der Waals surface area contributed by atoms with Crippen LogP contribution in [0.15, 0.2) is 59.1 Å². The second kappa shape index (κ2) is 9.46. The zero-order valence-electron chi connectivity index (χ0n) is 16.7. The molecule has 0 fully saturated rings. The highest BCUT2D eigenvalue weighted by molar-refractivity contribution is 5.87. The number of carbonyl (C=O) groups is 1. The van der Waals surface area contributed by atoms with E-state index >= 15 is 0 Å². The van der Waals surface area contributed by atoms with Gasteiger partial charge in [-0.15, -0.1) is 0 Å². The lowest BCUT2D eigenvalue weighted by Crippen LogP contribution is -2.06. The first-order chi connectivity index (χ1) is 14.8. The largest absolute Gasteiger partial charge is 0.493 e. The van der Waals surface area contributed by atoms with Crippen molar-refractivity contribution in [3.05, 3.63) is 71.6 Å². The molecule has 1 unspecified atom stereocenters. The van der Waals surface area contributed by atoms with Crippen molar-refractivity contribution in [3.8, 4) is 17.1 Å². The van der Waals surface area contributed by atoms with Gasteiger partial charge in [-0.1, -0.05) is 35.5 Å². The average molecular weight is 432 g/mol. The molecule has 0 saturated carbocycles. The summed E-state index contributed by atoms with van der Waals surface area (Å²) in [5.74, 6) is -0.101. The Balaban J connectivity index is 1.68. The van der Waals surface area contributed by atoms with Gasteiger partial charge in [-0.05, 0) is 38.1 Å². The maximum Gasteiger partial charge on any atom is 0.416 e. The van der Waals surface area contributed by atoms with Crippen molar-refractivity contribution in [2.75, 3.05) is 6.61 Å². The van der Waals surface area contributed by atoms with Crippen molar-refractivity contribution in [1.29, 1.82) is 0 Å². The summed E-state index contributed by atoms with van der Waals surface area (Å²) in [6, 6.07) is 11.8. The Morgan fingerprint density at radius 3 is 2.71 bits per heavy atom. The van der Waals surface area contributed by atoms with E-state index in [0.29, 0.717) is 17.9 Å². The van der Waals surface area contributed by atoms with E-state index in [1.54, 1.807) is 18.2 Å². The summed E-state index contributed by atoms with van der Waals surface area (Å²) in [6.07, 6.45) is -2.59. The highest BCUT2D eigenvalue weighted by Crippen LogP contribution is 2.31. The first kappa shape index (κ1) is 22.1. The summed E-state index contributed by atoms with van der Waals surface area (Å²) in [7, 11) is 0. The zero-order chi connectivity index (χ0) is 22.4. The van der Waals surface area contributed by atoms with Gasteiger partial charge in [-0.2, -0.15) is 18.2 Å². The SMILES string of the molecule is CCOc1ccccc1/C=C/C(=O)OC(C)c1nc(-c2cccc(C(F)(F)F)c2)no1. The molecule has 0 saturated heterocycles. The number of hydrogen-bond donors (Lipinski definition) is 0. The van der Waals surface area contributed by atoms with Crippen LogP contribution in [0.3, 0.4) is 0 Å². The van der Waals surface area contributed by atoms with E-state index in [1.807, 2.05) is 19.1 Å². The van der Waals surface area contributed by atoms with Crippen LogP contribution in [0.5, 0.6) is 5.75 Å². The summed E-state index contributed by atoms with van der Waals surface area (Å²) < 4.78 is 54.4. The van der Waals surface area contributed by atoms with Crippen LogP contribution >= 0.6 is 0 Å². The van der Waals surface area contributed by atoms with Crippen LogP contribution in [0.2, 0.25) is 0 Å². The van der Waals surface area contributed by atoms with Crippen LogP contribution in [0.25, 0.3) is 17.5 Å². The monoisotopic (exact) mass is 432 g/mol. The topological polar surface area (TPSA) is 74.5 Å². The summed E-state index contributed by atoms with van der Waals surface area (Å²) in [4.78, 5) is 16.2. The molecule has 1 aromatic heterocycles. The van der Waals surface area contributed by atoms with Crippen molar-refractivity contribution >= 4 is 12.0 Å². The normalized spacial score (nSPS) is 12.7. The highest BCUT2D eigenvalue weighted by Gasteiger charge is 2.31. The number of alkyl halides is 3. The molecular weight excluding hydrogens is 413 g/mol. The average Bonchev–Trinajstić information content (AvgIpc) is 3.23. The van der Waals surface area contributed by atoms with Crippen LogP contribution in [0.4, 0.5) is 13.2 Å². The second-order valence-electron chi connectivity index (χ2n) is 6.42. The Morgan fingerprint density at radius 1 is 1.19 bits per heavy atom. The molecule has 0 radical (unpaired) electrons. The van der Waals surface area contributed by atoms with Crippen molar-refractivity contribution < 1.29 is 32.0 Å². The van der Waals surface area contributed by atoms with Gasteiger partial charge in [-0.25, -0.2) is 4.79 Å². The summed E-state index contributed by atoms with van der Waals surface area (Å²) >= 11 is 0. The Bertz CT molecular complexity index is 1080. The predicted octanol–water partition coefficient (Wildman–Crippen LogP) is 5.47. The molecule has 0 N–H and O–H groups in total. The number of para-hydroxylation sites is 1. The Labute approximate surface area is 176 Å². The molecule has 0 bridgehead atoms. The first-order valence-corrected chi connectivity index (χ1v) is 9.39. The maximum atomic E-state index is 12.9. The molecule has 0 aliphatic heterocycles. The third-order valence-electron chi connectivity index (χ3n) is 4.15. The first-order valence-electron chi connectivity index (χ1n) is 9.39. The fourth-order valence-electron chi connectivity index (χ4n) is 2.68. The number of ether oxygens (including phenoxy) is 2. The lowest BCUT2D eigenvalue weighted by atomic mass is 10.1. The van der Waals surface area contributed by atoms with Crippen LogP contribution in [-0.4, -0.2) is 22.7 Å². The summed E-state index contributed by atoms with van der Waals surface area (Å²) in [6.45, 7) is 3.86. The number of esters is 1. The quantitative estimate of drug-likeness (QED) is 0.364. The third-order valence-corrected chi connectivity index (χ3v) is 4.15. The van der Waals surface area contributed by atoms with E-state index < -0.39 is 23.8 Å². The van der Waals surface area contributed by atoms with Gasteiger partial charge >= 0.3 is 12.1 Å². The molecule has 162 valence electrons. The lowest BCUT2D eigenvalue weighted by molar-refractivity contribution is -0.143. The van der Waals surface area contributed by atoms with Gasteiger partial charge in [0.1, 0.15) is 5.75 Å². The van der Waals surface area contributed by atoms with Crippen molar-refractivity contribution in [3.63, 3.8) is 0 Å². The molecule has 0 amide bonds. The minimum absolute atomic E-state index is 0.0369. The molecular formula is C22H19F3N2O4. The Kier molecular flexibility index (Phi) is 6.74. The van der Waals surface area contributed by atoms with Crippen molar-refractivity contribution in [2.24, 2.45) is 0 Å².